The molecule has 0 saturated carbocycles. The highest BCUT2D eigenvalue weighted by molar-refractivity contribution is 4.66. The lowest BCUT2D eigenvalue weighted by atomic mass is 10.1. The lowest BCUT2D eigenvalue weighted by Crippen LogP contribution is -2.50. The molecule has 0 aromatic rings. The molecule has 0 spiro atoms. The Kier molecular flexibility index (Phi) is 2.41. The number of hydrazine groups is 2. The fourth-order valence-electron chi connectivity index (χ4n) is 0.959. The number of hydrogen-bond donors (Lipinski definition) is 2. The monoisotopic (exact) mass is 131 g/mol. The highest BCUT2D eigenvalue weighted by Gasteiger charge is 2.15. The summed E-state index contributed by atoms with van der Waals surface area (Å²) in [4.78, 5) is 0. The minimum atomic E-state index is 0.221. The van der Waals surface area contributed by atoms with Crippen LogP contribution in [0.15, 0.2) is 0 Å². The summed E-state index contributed by atoms with van der Waals surface area (Å²) in [6.45, 7) is 1.53. The Morgan fingerprint density at radius 2 is 2.22 bits per heavy atom. The third-order valence-corrected chi connectivity index (χ3v) is 1.56. The van der Waals surface area contributed by atoms with Gasteiger partial charge in [-0.3, -0.25) is 11.7 Å². The molecule has 4 heteroatoms. The number of rotatable bonds is 1. The van der Waals surface area contributed by atoms with Gasteiger partial charge < -0.3 is 4.74 Å². The zero-order valence-electron chi connectivity index (χ0n) is 5.42. The Bertz CT molecular complexity index is 80.3. The van der Waals surface area contributed by atoms with Gasteiger partial charge in [-0.05, 0) is 12.8 Å². The number of nitrogens with two attached hydrogens (primary N) is 2. The third kappa shape index (κ3) is 1.91. The molecule has 1 atom stereocenters. The van der Waals surface area contributed by atoms with Crippen molar-refractivity contribution >= 4 is 0 Å². The first-order valence-electron chi connectivity index (χ1n) is 3.17. The molecule has 4 N–H and O–H groups in total. The minimum absolute atomic E-state index is 0.221. The van der Waals surface area contributed by atoms with Crippen molar-refractivity contribution in [3.63, 3.8) is 0 Å². The van der Waals surface area contributed by atoms with Crippen LogP contribution in [-0.2, 0) is 4.74 Å². The van der Waals surface area contributed by atoms with E-state index in [0.717, 1.165) is 19.4 Å². The molecule has 4 nitrogen and oxygen atoms in total. The lowest BCUT2D eigenvalue weighted by Gasteiger charge is -2.26. The molecule has 0 aromatic heterocycles. The normalized spacial score (nSPS) is 29.0. The van der Waals surface area contributed by atoms with Crippen LogP contribution < -0.4 is 11.7 Å². The molecule has 0 aliphatic carbocycles. The van der Waals surface area contributed by atoms with Crippen molar-refractivity contribution in [2.75, 3.05) is 13.2 Å². The molecule has 1 heterocycles. The summed E-state index contributed by atoms with van der Waals surface area (Å²) in [5.41, 5.74) is 0. The summed E-state index contributed by atoms with van der Waals surface area (Å²) in [5.74, 6) is 10.6. The highest BCUT2D eigenvalue weighted by Crippen LogP contribution is 2.07. The number of hydrogen-bond acceptors (Lipinski definition) is 4. The van der Waals surface area contributed by atoms with Crippen LogP contribution in [0.4, 0.5) is 0 Å². The van der Waals surface area contributed by atoms with Crippen LogP contribution in [0.2, 0.25) is 0 Å². The van der Waals surface area contributed by atoms with Crippen molar-refractivity contribution < 1.29 is 4.74 Å². The van der Waals surface area contributed by atoms with Crippen molar-refractivity contribution in [2.45, 2.75) is 18.9 Å². The maximum absolute atomic E-state index is 5.30. The van der Waals surface area contributed by atoms with E-state index in [1.54, 1.807) is 0 Å². The van der Waals surface area contributed by atoms with Gasteiger partial charge in [-0.15, -0.1) is 0 Å². The molecule has 1 saturated heterocycles. The van der Waals surface area contributed by atoms with Gasteiger partial charge in [0.25, 0.3) is 0 Å². The molecule has 1 fully saturated rings. The minimum Gasteiger partial charge on any atom is -0.380 e. The smallest absolute Gasteiger partial charge is 0.0650 e. The van der Waals surface area contributed by atoms with Gasteiger partial charge in [-0.2, -0.15) is 5.12 Å². The van der Waals surface area contributed by atoms with Gasteiger partial charge in [-0.1, -0.05) is 0 Å². The Morgan fingerprint density at radius 1 is 1.44 bits per heavy atom. The average Bonchev–Trinajstić information content (AvgIpc) is 1.90. The van der Waals surface area contributed by atoms with E-state index in [1.807, 2.05) is 0 Å². The maximum atomic E-state index is 5.30. The van der Waals surface area contributed by atoms with Gasteiger partial charge in [0, 0.05) is 6.61 Å². The predicted molar refractivity (Wildman–Crippen MR) is 34.1 cm³/mol. The molecule has 1 rings (SSSR count). The Hall–Kier alpha value is -0.160. The van der Waals surface area contributed by atoms with Crippen LogP contribution >= 0.6 is 0 Å². The van der Waals surface area contributed by atoms with E-state index in [4.69, 9.17) is 16.4 Å². The molecule has 0 amide bonds. The van der Waals surface area contributed by atoms with Crippen LogP contribution in [0.25, 0.3) is 0 Å². The van der Waals surface area contributed by atoms with Gasteiger partial charge in [0.15, 0.2) is 0 Å². The molecule has 9 heavy (non-hydrogen) atoms. The average molecular weight is 131 g/mol. The van der Waals surface area contributed by atoms with Crippen molar-refractivity contribution in [2.24, 2.45) is 11.7 Å². The fourth-order valence-corrected chi connectivity index (χ4v) is 0.959. The quantitative estimate of drug-likeness (QED) is 0.362. The van der Waals surface area contributed by atoms with E-state index < -0.39 is 0 Å². The Morgan fingerprint density at radius 3 is 2.56 bits per heavy atom. The Balaban J connectivity index is 2.23. The first-order chi connectivity index (χ1) is 4.30. The van der Waals surface area contributed by atoms with Crippen molar-refractivity contribution in [1.29, 1.82) is 0 Å². The molecule has 0 aromatic carbocycles. The molecule has 0 radical (unpaired) electrons. The lowest BCUT2D eigenvalue weighted by molar-refractivity contribution is 0.0172. The number of nitrogens with zero attached hydrogens (tertiary/aromatic N) is 1. The SMILES string of the molecule is NN(N)C1CCCOC1. The molecule has 1 aliphatic rings. The van der Waals surface area contributed by atoms with E-state index in [9.17, 15) is 0 Å². The second kappa shape index (κ2) is 3.12. The van der Waals surface area contributed by atoms with Crippen LogP contribution in [-0.4, -0.2) is 24.4 Å². The second-order valence-electron chi connectivity index (χ2n) is 2.32. The molecular formula is C5H13N3O. The fraction of sp³-hybridized carbons (Fsp3) is 1.00. The van der Waals surface area contributed by atoms with Gasteiger partial charge in [0.1, 0.15) is 0 Å². The van der Waals surface area contributed by atoms with E-state index >= 15 is 0 Å². The molecule has 0 bridgehead atoms. The van der Waals surface area contributed by atoms with E-state index in [1.165, 1.54) is 5.12 Å². The van der Waals surface area contributed by atoms with Crippen LogP contribution in [0, 0.1) is 0 Å². The summed E-state index contributed by atoms with van der Waals surface area (Å²) in [6.07, 6.45) is 2.11. The van der Waals surface area contributed by atoms with Gasteiger partial charge >= 0.3 is 0 Å². The van der Waals surface area contributed by atoms with Crippen molar-refractivity contribution in [3.05, 3.63) is 0 Å². The van der Waals surface area contributed by atoms with Crippen LogP contribution in [0.3, 0.4) is 0 Å². The molecule has 54 valence electrons. The van der Waals surface area contributed by atoms with Gasteiger partial charge in [0.05, 0.1) is 12.6 Å². The molecule has 1 aliphatic heterocycles. The van der Waals surface area contributed by atoms with Crippen LogP contribution in [0.5, 0.6) is 0 Å². The summed E-state index contributed by atoms with van der Waals surface area (Å²) < 4.78 is 5.14. The highest BCUT2D eigenvalue weighted by atomic mass is 16.5. The topological polar surface area (TPSA) is 64.5 Å². The van der Waals surface area contributed by atoms with E-state index in [-0.39, 0.29) is 6.04 Å². The third-order valence-electron chi connectivity index (χ3n) is 1.56. The predicted octanol–water partition coefficient (Wildman–Crippen LogP) is -0.785. The summed E-state index contributed by atoms with van der Waals surface area (Å²) in [7, 11) is 0. The van der Waals surface area contributed by atoms with Crippen molar-refractivity contribution in [1.82, 2.24) is 5.12 Å². The summed E-state index contributed by atoms with van der Waals surface area (Å²) >= 11 is 0. The molecule has 1 unspecified atom stereocenters. The summed E-state index contributed by atoms with van der Waals surface area (Å²) in [5, 5.41) is 1.24. The van der Waals surface area contributed by atoms with E-state index in [0.29, 0.717) is 6.61 Å². The van der Waals surface area contributed by atoms with Gasteiger partial charge in [0.2, 0.25) is 0 Å². The standard InChI is InChI=1S/C5H13N3O/c6-8(7)5-2-1-3-9-4-5/h5H,1-4,6-7H2. The maximum Gasteiger partial charge on any atom is 0.0650 e. The van der Waals surface area contributed by atoms with Gasteiger partial charge in [-0.25, -0.2) is 0 Å². The van der Waals surface area contributed by atoms with Crippen LogP contribution in [0.1, 0.15) is 12.8 Å². The van der Waals surface area contributed by atoms with E-state index in [2.05, 4.69) is 0 Å². The zero-order valence-corrected chi connectivity index (χ0v) is 5.42. The first kappa shape index (κ1) is 6.95. The first-order valence-corrected chi connectivity index (χ1v) is 3.17. The zero-order chi connectivity index (χ0) is 6.69. The number of ether oxygens (including phenoxy) is 1. The Labute approximate surface area is 54.7 Å². The largest absolute Gasteiger partial charge is 0.380 e. The summed E-state index contributed by atoms with van der Waals surface area (Å²) in [6, 6.07) is 0.221. The second-order valence-corrected chi connectivity index (χ2v) is 2.32. The molecular weight excluding hydrogens is 118 g/mol. The van der Waals surface area contributed by atoms with Crippen molar-refractivity contribution in [3.8, 4) is 0 Å².